The van der Waals surface area contributed by atoms with E-state index in [1.165, 1.54) is 5.56 Å². The van der Waals surface area contributed by atoms with Crippen LogP contribution in [0.5, 0.6) is 5.75 Å². The molecule has 0 aromatic heterocycles. The zero-order valence-corrected chi connectivity index (χ0v) is 13.8. The number of hydrogen-bond donors (Lipinski definition) is 1. The van der Waals surface area contributed by atoms with Gasteiger partial charge in [0, 0.05) is 21.2 Å². The van der Waals surface area contributed by atoms with Crippen molar-refractivity contribution in [3.8, 4) is 5.75 Å². The Bertz CT molecular complexity index is 558. The molecular formula is C15H15Br2NO. The summed E-state index contributed by atoms with van der Waals surface area (Å²) in [4.78, 5) is 0. The van der Waals surface area contributed by atoms with Crippen molar-refractivity contribution in [1.82, 2.24) is 0 Å². The fourth-order valence-corrected chi connectivity index (χ4v) is 2.45. The van der Waals surface area contributed by atoms with Crippen LogP contribution in [0.3, 0.4) is 0 Å². The molecule has 19 heavy (non-hydrogen) atoms. The fraction of sp³-hybridized carbons (Fsp3) is 0.200. The van der Waals surface area contributed by atoms with Crippen LogP contribution in [-0.4, -0.2) is 13.2 Å². The molecule has 2 nitrogen and oxygen atoms in total. The van der Waals surface area contributed by atoms with E-state index in [1.54, 1.807) is 0 Å². The lowest BCUT2D eigenvalue weighted by Crippen LogP contribution is -2.12. The highest BCUT2D eigenvalue weighted by atomic mass is 79.9. The summed E-state index contributed by atoms with van der Waals surface area (Å²) < 4.78 is 7.82. The lowest BCUT2D eigenvalue weighted by atomic mass is 10.2. The molecular weight excluding hydrogens is 370 g/mol. The van der Waals surface area contributed by atoms with Crippen molar-refractivity contribution < 1.29 is 4.74 Å². The Balaban J connectivity index is 1.82. The van der Waals surface area contributed by atoms with Gasteiger partial charge in [0.1, 0.15) is 12.4 Å². The first-order valence-electron chi connectivity index (χ1n) is 6.04. The Morgan fingerprint density at radius 3 is 2.68 bits per heavy atom. The van der Waals surface area contributed by atoms with Gasteiger partial charge in [0.25, 0.3) is 0 Å². The third-order valence-electron chi connectivity index (χ3n) is 2.75. The smallest absolute Gasteiger partial charge is 0.120 e. The van der Waals surface area contributed by atoms with Crippen LogP contribution < -0.4 is 10.1 Å². The monoisotopic (exact) mass is 383 g/mol. The number of benzene rings is 2. The third kappa shape index (κ3) is 4.25. The van der Waals surface area contributed by atoms with Gasteiger partial charge in [0.2, 0.25) is 0 Å². The van der Waals surface area contributed by atoms with E-state index in [0.29, 0.717) is 6.61 Å². The van der Waals surface area contributed by atoms with Gasteiger partial charge in [0.05, 0.1) is 0 Å². The standard InChI is InChI=1S/C15H15Br2NO/c1-11-14(17)6-3-7-15(11)18-8-9-19-13-5-2-4-12(16)10-13/h2-7,10,18H,8-9H2,1H3. The first-order chi connectivity index (χ1) is 9.16. The summed E-state index contributed by atoms with van der Waals surface area (Å²) in [6.07, 6.45) is 0. The van der Waals surface area contributed by atoms with Gasteiger partial charge in [0.15, 0.2) is 0 Å². The van der Waals surface area contributed by atoms with Gasteiger partial charge in [-0.1, -0.05) is 44.0 Å². The van der Waals surface area contributed by atoms with Gasteiger partial charge in [-0.15, -0.1) is 0 Å². The molecule has 0 radical (unpaired) electrons. The maximum atomic E-state index is 5.67. The van der Waals surface area contributed by atoms with E-state index >= 15 is 0 Å². The summed E-state index contributed by atoms with van der Waals surface area (Å²) in [5, 5.41) is 3.37. The molecule has 0 fully saturated rings. The molecule has 0 aliphatic carbocycles. The zero-order chi connectivity index (χ0) is 13.7. The minimum Gasteiger partial charge on any atom is -0.492 e. The van der Waals surface area contributed by atoms with Crippen molar-refractivity contribution in [3.05, 3.63) is 57.0 Å². The highest BCUT2D eigenvalue weighted by molar-refractivity contribution is 9.10. The fourth-order valence-electron chi connectivity index (χ4n) is 1.71. The van der Waals surface area contributed by atoms with Crippen molar-refractivity contribution in [3.63, 3.8) is 0 Å². The predicted molar refractivity (Wildman–Crippen MR) is 87.0 cm³/mol. The first kappa shape index (κ1) is 14.4. The van der Waals surface area contributed by atoms with Gasteiger partial charge in [-0.3, -0.25) is 0 Å². The second kappa shape index (κ2) is 6.96. The maximum Gasteiger partial charge on any atom is 0.120 e. The molecule has 0 bridgehead atoms. The van der Waals surface area contributed by atoms with E-state index in [1.807, 2.05) is 36.4 Å². The van der Waals surface area contributed by atoms with Crippen LogP contribution >= 0.6 is 31.9 Å². The Morgan fingerprint density at radius 2 is 1.89 bits per heavy atom. The SMILES string of the molecule is Cc1c(Br)cccc1NCCOc1cccc(Br)c1. The predicted octanol–water partition coefficient (Wildman–Crippen LogP) is 5.01. The molecule has 4 heteroatoms. The van der Waals surface area contributed by atoms with Crippen LogP contribution in [0.2, 0.25) is 0 Å². The van der Waals surface area contributed by atoms with Gasteiger partial charge >= 0.3 is 0 Å². The van der Waals surface area contributed by atoms with Crippen molar-refractivity contribution >= 4 is 37.5 Å². The second-order valence-corrected chi connectivity index (χ2v) is 5.92. The summed E-state index contributed by atoms with van der Waals surface area (Å²) in [7, 11) is 0. The van der Waals surface area contributed by atoms with E-state index in [4.69, 9.17) is 4.74 Å². The second-order valence-electron chi connectivity index (χ2n) is 4.15. The number of rotatable bonds is 5. The van der Waals surface area contributed by atoms with Crippen LogP contribution in [0.25, 0.3) is 0 Å². The molecule has 0 atom stereocenters. The van der Waals surface area contributed by atoms with Crippen molar-refractivity contribution in [2.45, 2.75) is 6.92 Å². The molecule has 0 spiro atoms. The molecule has 100 valence electrons. The largest absolute Gasteiger partial charge is 0.492 e. The average Bonchev–Trinajstić information content (AvgIpc) is 2.39. The molecule has 2 aromatic rings. The van der Waals surface area contributed by atoms with Gasteiger partial charge < -0.3 is 10.1 Å². The molecule has 0 heterocycles. The minimum absolute atomic E-state index is 0.627. The Hall–Kier alpha value is -1.000. The molecule has 0 amide bonds. The molecule has 0 saturated carbocycles. The number of hydrogen-bond acceptors (Lipinski definition) is 2. The van der Waals surface area contributed by atoms with E-state index in [9.17, 15) is 0 Å². The maximum absolute atomic E-state index is 5.67. The summed E-state index contributed by atoms with van der Waals surface area (Å²) in [5.74, 6) is 0.877. The number of ether oxygens (including phenoxy) is 1. The topological polar surface area (TPSA) is 21.3 Å². The van der Waals surface area contributed by atoms with E-state index in [2.05, 4.69) is 50.2 Å². The quantitative estimate of drug-likeness (QED) is 0.731. The van der Waals surface area contributed by atoms with Gasteiger partial charge in [-0.2, -0.15) is 0 Å². The molecule has 0 saturated heterocycles. The third-order valence-corrected chi connectivity index (χ3v) is 4.10. The highest BCUT2D eigenvalue weighted by Crippen LogP contribution is 2.23. The average molecular weight is 385 g/mol. The normalized spacial score (nSPS) is 10.3. The Labute approximate surface area is 130 Å². The zero-order valence-electron chi connectivity index (χ0n) is 10.6. The van der Waals surface area contributed by atoms with Crippen molar-refractivity contribution in [1.29, 1.82) is 0 Å². The molecule has 0 aliphatic heterocycles. The number of halogens is 2. The van der Waals surface area contributed by atoms with E-state index in [-0.39, 0.29) is 0 Å². The lowest BCUT2D eigenvalue weighted by Gasteiger charge is -2.11. The number of anilines is 1. The van der Waals surface area contributed by atoms with Gasteiger partial charge in [-0.05, 0) is 42.8 Å². The number of nitrogens with one attached hydrogen (secondary N) is 1. The van der Waals surface area contributed by atoms with Crippen LogP contribution in [0, 0.1) is 6.92 Å². The molecule has 0 unspecified atom stereocenters. The van der Waals surface area contributed by atoms with Gasteiger partial charge in [-0.25, -0.2) is 0 Å². The molecule has 2 aromatic carbocycles. The van der Waals surface area contributed by atoms with E-state index < -0.39 is 0 Å². The van der Waals surface area contributed by atoms with E-state index in [0.717, 1.165) is 26.9 Å². The van der Waals surface area contributed by atoms with Crippen molar-refractivity contribution in [2.24, 2.45) is 0 Å². The summed E-state index contributed by atoms with van der Waals surface area (Å²) in [6.45, 7) is 3.48. The summed E-state index contributed by atoms with van der Waals surface area (Å²) in [6, 6.07) is 14.0. The molecule has 2 rings (SSSR count). The summed E-state index contributed by atoms with van der Waals surface area (Å²) >= 11 is 6.95. The molecule has 0 aliphatic rings. The molecule has 1 N–H and O–H groups in total. The van der Waals surface area contributed by atoms with Crippen LogP contribution in [-0.2, 0) is 0 Å². The Morgan fingerprint density at radius 1 is 1.11 bits per heavy atom. The highest BCUT2D eigenvalue weighted by Gasteiger charge is 2.00. The van der Waals surface area contributed by atoms with Crippen LogP contribution in [0.1, 0.15) is 5.56 Å². The van der Waals surface area contributed by atoms with Crippen molar-refractivity contribution in [2.75, 3.05) is 18.5 Å². The van der Waals surface area contributed by atoms with Crippen LogP contribution in [0.15, 0.2) is 51.4 Å². The van der Waals surface area contributed by atoms with Crippen LogP contribution in [0.4, 0.5) is 5.69 Å². The Kier molecular flexibility index (Phi) is 5.28. The lowest BCUT2D eigenvalue weighted by molar-refractivity contribution is 0.332. The first-order valence-corrected chi connectivity index (χ1v) is 7.63. The minimum atomic E-state index is 0.627. The summed E-state index contributed by atoms with van der Waals surface area (Å²) in [5.41, 5.74) is 2.34.